The summed E-state index contributed by atoms with van der Waals surface area (Å²) in [5.74, 6) is -1.06. The number of nitrogens with two attached hydrogens (primary N) is 1. The number of rotatable bonds is 6. The van der Waals surface area contributed by atoms with E-state index in [4.69, 9.17) is 5.73 Å². The van der Waals surface area contributed by atoms with Crippen molar-refractivity contribution in [3.8, 4) is 0 Å². The van der Waals surface area contributed by atoms with Crippen molar-refractivity contribution >= 4 is 55.0 Å². The van der Waals surface area contributed by atoms with Gasteiger partial charge in [0.25, 0.3) is 12.3 Å². The summed E-state index contributed by atoms with van der Waals surface area (Å²) in [6.07, 6.45) is -1.02. The van der Waals surface area contributed by atoms with E-state index in [0.29, 0.717) is 10.9 Å². The number of aryl methyl sites for hydroxylation is 1. The maximum atomic E-state index is 13.4. The third-order valence-corrected chi connectivity index (χ3v) is 7.65. The van der Waals surface area contributed by atoms with Gasteiger partial charge in [-0.15, -0.1) is 11.3 Å². The highest BCUT2D eigenvalue weighted by Gasteiger charge is 2.32. The van der Waals surface area contributed by atoms with Crippen LogP contribution in [0.2, 0.25) is 0 Å². The maximum absolute atomic E-state index is 13.4. The third-order valence-electron chi connectivity index (χ3n) is 5.41. The summed E-state index contributed by atoms with van der Waals surface area (Å²) in [5, 5.41) is 7.71. The molecule has 3 heterocycles. The van der Waals surface area contributed by atoms with Gasteiger partial charge >= 0.3 is 0 Å². The molecule has 0 aromatic carbocycles. The van der Waals surface area contributed by atoms with Crippen molar-refractivity contribution in [3.63, 3.8) is 0 Å². The van der Waals surface area contributed by atoms with E-state index in [1.54, 1.807) is 11.6 Å². The highest BCUT2D eigenvalue weighted by molar-refractivity contribution is 9.10. The number of fused-ring (bicyclic) bond motifs is 1. The Balaban J connectivity index is 1.80. The molecule has 164 valence electrons. The number of hydrogen-bond acceptors (Lipinski definition) is 5. The van der Waals surface area contributed by atoms with Crippen molar-refractivity contribution in [2.45, 2.75) is 52.0 Å². The number of halogens is 3. The van der Waals surface area contributed by atoms with Crippen LogP contribution in [0.1, 0.15) is 70.5 Å². The lowest BCUT2D eigenvalue weighted by Crippen LogP contribution is -2.26. The topological polar surface area (TPSA) is 103 Å². The van der Waals surface area contributed by atoms with E-state index in [-0.39, 0.29) is 27.0 Å². The summed E-state index contributed by atoms with van der Waals surface area (Å²) in [7, 11) is 0. The van der Waals surface area contributed by atoms with E-state index in [1.807, 2.05) is 13.8 Å². The van der Waals surface area contributed by atoms with Gasteiger partial charge in [-0.3, -0.25) is 14.3 Å². The first kappa shape index (κ1) is 21.8. The molecule has 31 heavy (non-hydrogen) atoms. The van der Waals surface area contributed by atoms with Crippen LogP contribution in [0.4, 0.5) is 14.5 Å². The van der Waals surface area contributed by atoms with Crippen LogP contribution < -0.4 is 11.1 Å². The molecule has 11 heteroatoms. The molecule has 1 aliphatic rings. The number of alkyl halides is 2. The number of pyridine rings is 1. The Hall–Kier alpha value is -2.40. The minimum atomic E-state index is -2.73. The van der Waals surface area contributed by atoms with Crippen molar-refractivity contribution in [1.82, 2.24) is 14.8 Å². The molecule has 7 nitrogen and oxygen atoms in total. The van der Waals surface area contributed by atoms with Crippen molar-refractivity contribution in [2.75, 3.05) is 5.32 Å². The van der Waals surface area contributed by atoms with E-state index in [9.17, 15) is 18.4 Å². The van der Waals surface area contributed by atoms with Gasteiger partial charge in [0.2, 0.25) is 5.91 Å². The molecule has 1 fully saturated rings. The largest absolute Gasteiger partial charge is 0.365 e. The molecular formula is C20H20BrF2N5O2S. The smallest absolute Gasteiger partial charge is 0.280 e. The van der Waals surface area contributed by atoms with Crippen LogP contribution in [0.15, 0.2) is 10.5 Å². The zero-order chi connectivity index (χ0) is 22.6. The molecule has 0 saturated heterocycles. The summed E-state index contributed by atoms with van der Waals surface area (Å²) in [6, 6.07) is 0.692. The summed E-state index contributed by atoms with van der Waals surface area (Å²) < 4.78 is 29.1. The van der Waals surface area contributed by atoms with Gasteiger partial charge in [-0.25, -0.2) is 13.8 Å². The van der Waals surface area contributed by atoms with Crippen molar-refractivity contribution < 1.29 is 18.4 Å². The Kier molecular flexibility index (Phi) is 5.59. The number of carbonyl (C=O) groups is 2. The highest BCUT2D eigenvalue weighted by Crippen LogP contribution is 2.48. The second-order valence-corrected chi connectivity index (χ2v) is 9.45. The molecule has 3 N–H and O–H groups in total. The number of primary amides is 1. The van der Waals surface area contributed by atoms with Gasteiger partial charge in [0.15, 0.2) is 0 Å². The van der Waals surface area contributed by atoms with Crippen LogP contribution in [-0.4, -0.2) is 26.6 Å². The Morgan fingerprint density at radius 3 is 2.55 bits per heavy atom. The fourth-order valence-electron chi connectivity index (χ4n) is 3.63. The van der Waals surface area contributed by atoms with E-state index >= 15 is 0 Å². The van der Waals surface area contributed by atoms with Gasteiger partial charge in [0.1, 0.15) is 21.4 Å². The number of amides is 2. The highest BCUT2D eigenvalue weighted by atomic mass is 79.9. The fourth-order valence-corrected chi connectivity index (χ4v) is 4.91. The lowest BCUT2D eigenvalue weighted by atomic mass is 10.0. The first-order chi connectivity index (χ1) is 14.6. The van der Waals surface area contributed by atoms with E-state index < -0.39 is 24.3 Å². The molecule has 1 saturated carbocycles. The number of anilines is 1. The minimum absolute atomic E-state index is 0.0888. The second-order valence-electron chi connectivity index (χ2n) is 7.66. The first-order valence-corrected chi connectivity index (χ1v) is 11.3. The van der Waals surface area contributed by atoms with E-state index in [1.165, 1.54) is 6.07 Å². The molecule has 2 amide bonds. The third kappa shape index (κ3) is 3.84. The summed E-state index contributed by atoms with van der Waals surface area (Å²) >= 11 is 4.37. The van der Waals surface area contributed by atoms with E-state index in [2.05, 4.69) is 31.3 Å². The number of carbonyl (C=O) groups excluding carboxylic acids is 2. The normalized spacial score (nSPS) is 14.9. The molecule has 1 aliphatic carbocycles. The summed E-state index contributed by atoms with van der Waals surface area (Å²) in [6.45, 7) is 5.35. The van der Waals surface area contributed by atoms with Gasteiger partial charge in [0.05, 0.1) is 21.5 Å². The lowest BCUT2D eigenvalue weighted by molar-refractivity contribution is -0.119. The van der Waals surface area contributed by atoms with Crippen molar-refractivity contribution in [1.29, 1.82) is 0 Å². The van der Waals surface area contributed by atoms with E-state index in [0.717, 1.165) is 40.0 Å². The predicted molar refractivity (Wildman–Crippen MR) is 118 cm³/mol. The SMILES string of the molecule is Cc1nn(C(C)C(=O)Nc2c(C(N)=O)sc3nc(C(F)F)cc(C4CC4)c23)c(C)c1Br. The zero-order valence-corrected chi connectivity index (χ0v) is 19.4. The number of nitrogens with zero attached hydrogens (tertiary/aromatic N) is 3. The molecule has 0 aliphatic heterocycles. The predicted octanol–water partition coefficient (Wildman–Crippen LogP) is 4.99. The van der Waals surface area contributed by atoms with Crippen molar-refractivity contribution in [3.05, 3.63) is 38.1 Å². The molecule has 3 aromatic heterocycles. The van der Waals surface area contributed by atoms with Gasteiger partial charge in [0, 0.05) is 5.39 Å². The molecule has 0 spiro atoms. The summed E-state index contributed by atoms with van der Waals surface area (Å²) in [4.78, 5) is 29.6. The zero-order valence-electron chi connectivity index (χ0n) is 17.0. The molecule has 3 aromatic rings. The number of aromatic nitrogens is 3. The summed E-state index contributed by atoms with van der Waals surface area (Å²) in [5.41, 5.74) is 7.64. The van der Waals surface area contributed by atoms with Crippen LogP contribution >= 0.6 is 27.3 Å². The molecule has 0 bridgehead atoms. The van der Waals surface area contributed by atoms with Gasteiger partial charge < -0.3 is 11.1 Å². The fraction of sp³-hybridized carbons (Fsp3) is 0.400. The number of thiophene rings is 1. The molecule has 4 rings (SSSR count). The van der Waals surface area contributed by atoms with Crippen molar-refractivity contribution in [2.24, 2.45) is 5.73 Å². The van der Waals surface area contributed by atoms with Crippen LogP contribution in [0.3, 0.4) is 0 Å². The van der Waals surface area contributed by atoms with Gasteiger partial charge in [-0.05, 0) is 67.1 Å². The van der Waals surface area contributed by atoms with Crippen LogP contribution in [0.5, 0.6) is 0 Å². The minimum Gasteiger partial charge on any atom is -0.365 e. The number of hydrogen-bond donors (Lipinski definition) is 2. The molecule has 1 unspecified atom stereocenters. The van der Waals surface area contributed by atoms with Gasteiger partial charge in [-0.2, -0.15) is 5.10 Å². The lowest BCUT2D eigenvalue weighted by Gasteiger charge is -2.16. The standard InChI is InChI=1S/C20H20BrF2N5O2S/c1-7-14(21)8(2)28(27-7)9(3)19(30)26-15-13-11(10-4-5-10)6-12(17(22)23)25-20(13)31-16(15)18(24)29/h6,9-10,17H,4-5H2,1-3H3,(H2,24,29)(H,26,30). The molecule has 0 radical (unpaired) electrons. The quantitative estimate of drug-likeness (QED) is 0.486. The Morgan fingerprint density at radius 1 is 1.35 bits per heavy atom. The Morgan fingerprint density at radius 2 is 2.03 bits per heavy atom. The Labute approximate surface area is 189 Å². The monoisotopic (exact) mass is 511 g/mol. The Bertz CT molecular complexity index is 1220. The van der Waals surface area contributed by atoms with Crippen LogP contribution in [-0.2, 0) is 4.79 Å². The number of nitrogens with one attached hydrogen (secondary N) is 1. The first-order valence-electron chi connectivity index (χ1n) is 9.67. The van der Waals surface area contributed by atoms with Crippen LogP contribution in [0, 0.1) is 13.8 Å². The average molecular weight is 512 g/mol. The molecule has 1 atom stereocenters. The van der Waals surface area contributed by atoms with Gasteiger partial charge in [-0.1, -0.05) is 0 Å². The average Bonchev–Trinajstić information content (AvgIpc) is 3.46. The second kappa shape index (κ2) is 7.94. The van der Waals surface area contributed by atoms with Crippen LogP contribution in [0.25, 0.3) is 10.2 Å². The molecular weight excluding hydrogens is 492 g/mol. The maximum Gasteiger partial charge on any atom is 0.280 e.